The first-order valence-electron chi connectivity index (χ1n) is 15.9. The van der Waals surface area contributed by atoms with Crippen LogP contribution in [0, 0.1) is 33.5 Å². The second-order valence-corrected chi connectivity index (χ2v) is 14.6. The highest BCUT2D eigenvalue weighted by Gasteiger charge is 2.74. The molecule has 0 aliphatic heterocycles. The third-order valence-corrected chi connectivity index (χ3v) is 12.7. The summed E-state index contributed by atoms with van der Waals surface area (Å²) in [5.41, 5.74) is -0.655. The van der Waals surface area contributed by atoms with E-state index in [0.29, 0.717) is 31.5 Å². The summed E-state index contributed by atoms with van der Waals surface area (Å²) in [6.45, 7) is 8.00. The summed E-state index contributed by atoms with van der Waals surface area (Å²) in [5, 5.41) is 43.2. The van der Waals surface area contributed by atoms with Crippen molar-refractivity contribution in [2.75, 3.05) is 26.2 Å². The van der Waals surface area contributed by atoms with Crippen LogP contribution in [0.1, 0.15) is 82.5 Å². The van der Waals surface area contributed by atoms with Gasteiger partial charge in [0, 0.05) is 40.5 Å². The Labute approximate surface area is 245 Å². The highest BCUT2D eigenvalue weighted by Crippen LogP contribution is 2.78. The van der Waals surface area contributed by atoms with Crippen molar-refractivity contribution < 1.29 is 25.2 Å². The normalized spacial score (nSPS) is 43.3. The molecule has 2 spiro atoms. The van der Waals surface area contributed by atoms with Gasteiger partial charge < -0.3 is 20.4 Å². The van der Waals surface area contributed by atoms with E-state index >= 15 is 0 Å². The lowest BCUT2D eigenvalue weighted by Gasteiger charge is -2.71. The zero-order valence-corrected chi connectivity index (χ0v) is 25.1. The summed E-state index contributed by atoms with van der Waals surface area (Å²) in [6.07, 6.45) is 12.4. The van der Waals surface area contributed by atoms with Gasteiger partial charge in [-0.2, -0.15) is 0 Å². The second-order valence-electron chi connectivity index (χ2n) is 14.6. The molecule has 1 aromatic carbocycles. The largest absolute Gasteiger partial charge is 0.394 e. The molecule has 224 valence electrons. The maximum Gasteiger partial charge on any atom is 0.189 e. The van der Waals surface area contributed by atoms with E-state index in [1.165, 1.54) is 0 Å². The van der Waals surface area contributed by atoms with E-state index in [2.05, 4.69) is 43.9 Å². The Hall–Kier alpha value is -1.83. The molecule has 2 bridgehead atoms. The molecule has 6 nitrogen and oxygen atoms in total. The van der Waals surface area contributed by atoms with E-state index in [9.17, 15) is 25.2 Å². The highest BCUT2D eigenvalue weighted by molar-refractivity contribution is 6.10. The van der Waals surface area contributed by atoms with Gasteiger partial charge in [-0.1, -0.05) is 69.3 Å². The molecule has 1 aromatic rings. The number of aliphatic hydroxyl groups excluding tert-OH is 3. The average molecular weight is 564 g/mol. The van der Waals surface area contributed by atoms with Crippen LogP contribution < -0.4 is 0 Å². The van der Waals surface area contributed by atoms with Crippen molar-refractivity contribution in [2.24, 2.45) is 33.5 Å². The molecule has 3 fully saturated rings. The van der Waals surface area contributed by atoms with Gasteiger partial charge >= 0.3 is 0 Å². The lowest BCUT2D eigenvalue weighted by molar-refractivity contribution is -0.177. The maximum atomic E-state index is 14.5. The fourth-order valence-corrected chi connectivity index (χ4v) is 10.6. The molecule has 0 amide bonds. The second kappa shape index (κ2) is 10.1. The standard InChI is InChI=1S/C35H49NO5/c1-4-18-36(21-26(39)22-37)23-34(41)15-12-29-32(34,3)14-11-28-31(2)13-10-25(38)19-33(31)16-17-35(28,29)27(20-33)30(40)24-8-6-5-7-9-24/h5-9,16-17,20,25-26,28-29,37-39,41H,4,10-15,18-19,21-23H2,1-3H3. The highest BCUT2D eigenvalue weighted by atomic mass is 16.3. The minimum atomic E-state index is -0.966. The predicted molar refractivity (Wildman–Crippen MR) is 159 cm³/mol. The molecule has 6 aliphatic rings. The molecule has 6 heteroatoms. The van der Waals surface area contributed by atoms with Gasteiger partial charge in [0.15, 0.2) is 5.78 Å². The van der Waals surface area contributed by atoms with Crippen molar-refractivity contribution in [1.29, 1.82) is 0 Å². The number of rotatable bonds is 9. The van der Waals surface area contributed by atoms with Crippen LogP contribution in [0.5, 0.6) is 0 Å². The van der Waals surface area contributed by atoms with E-state index in [1.54, 1.807) is 0 Å². The van der Waals surface area contributed by atoms with Crippen LogP contribution in [0.15, 0.2) is 54.1 Å². The Kier molecular flexibility index (Phi) is 7.22. The zero-order chi connectivity index (χ0) is 29.3. The van der Waals surface area contributed by atoms with Crippen LogP contribution in [0.2, 0.25) is 0 Å². The van der Waals surface area contributed by atoms with Gasteiger partial charge in [0.1, 0.15) is 0 Å². The maximum absolute atomic E-state index is 14.5. The van der Waals surface area contributed by atoms with Crippen LogP contribution >= 0.6 is 0 Å². The number of carbonyl (C=O) groups is 1. The van der Waals surface area contributed by atoms with E-state index < -0.39 is 22.5 Å². The van der Waals surface area contributed by atoms with Gasteiger partial charge in [-0.25, -0.2) is 0 Å². The summed E-state index contributed by atoms with van der Waals surface area (Å²) in [5.74, 6) is 0.450. The van der Waals surface area contributed by atoms with E-state index in [1.807, 2.05) is 30.3 Å². The zero-order valence-electron chi connectivity index (χ0n) is 25.1. The first-order valence-corrected chi connectivity index (χ1v) is 15.9. The molecular formula is C35H49NO5. The Morgan fingerprint density at radius 3 is 2.41 bits per heavy atom. The SMILES string of the molecule is CCCN(CC(O)CO)CC1(O)CCC2C34C=CC5(C=C3C(=O)c3ccccc3)CC(O)CCC5(C)C4CCC21C. The number of allylic oxidation sites excluding steroid dienone is 4. The molecular weight excluding hydrogens is 514 g/mol. The molecule has 3 saturated carbocycles. The Morgan fingerprint density at radius 1 is 1.02 bits per heavy atom. The van der Waals surface area contributed by atoms with Crippen LogP contribution in [0.25, 0.3) is 0 Å². The van der Waals surface area contributed by atoms with Gasteiger partial charge in [0.05, 0.1) is 24.4 Å². The number of hydrogen-bond donors (Lipinski definition) is 4. The van der Waals surface area contributed by atoms with Crippen molar-refractivity contribution in [2.45, 2.75) is 89.9 Å². The third kappa shape index (κ3) is 4.04. The molecule has 0 saturated heterocycles. The molecule has 4 N–H and O–H groups in total. The molecule has 0 heterocycles. The Bertz CT molecular complexity index is 1230. The number of benzene rings is 1. The predicted octanol–water partition coefficient (Wildman–Crippen LogP) is 4.53. The fourth-order valence-electron chi connectivity index (χ4n) is 10.6. The molecule has 41 heavy (non-hydrogen) atoms. The number of nitrogens with zero attached hydrogens (tertiary/aromatic N) is 1. The summed E-state index contributed by atoms with van der Waals surface area (Å²) >= 11 is 0. The number of ketones is 1. The number of aliphatic hydroxyl groups is 4. The van der Waals surface area contributed by atoms with Gasteiger partial charge in [-0.15, -0.1) is 0 Å². The van der Waals surface area contributed by atoms with Crippen molar-refractivity contribution >= 4 is 5.78 Å². The van der Waals surface area contributed by atoms with Crippen molar-refractivity contribution in [3.8, 4) is 0 Å². The summed E-state index contributed by atoms with van der Waals surface area (Å²) in [6, 6.07) is 9.62. The monoisotopic (exact) mass is 563 g/mol. The minimum Gasteiger partial charge on any atom is -0.394 e. The molecule has 9 atom stereocenters. The van der Waals surface area contributed by atoms with Crippen molar-refractivity contribution in [3.05, 3.63) is 59.7 Å². The van der Waals surface area contributed by atoms with Gasteiger partial charge in [-0.3, -0.25) is 9.69 Å². The quantitative estimate of drug-likeness (QED) is 0.260. The molecule has 6 aliphatic carbocycles. The summed E-state index contributed by atoms with van der Waals surface area (Å²) in [4.78, 5) is 16.6. The van der Waals surface area contributed by atoms with Crippen molar-refractivity contribution in [3.63, 3.8) is 0 Å². The number of carbonyl (C=O) groups excluding carboxylic acids is 1. The van der Waals surface area contributed by atoms with Crippen LogP contribution in [0.4, 0.5) is 0 Å². The lowest BCUT2D eigenvalue weighted by Crippen LogP contribution is -2.67. The average Bonchev–Trinajstić information content (AvgIpc) is 3.23. The minimum absolute atomic E-state index is 0.0526. The smallest absolute Gasteiger partial charge is 0.189 e. The van der Waals surface area contributed by atoms with Crippen LogP contribution in [-0.4, -0.2) is 75.2 Å². The number of hydrogen-bond acceptors (Lipinski definition) is 6. The van der Waals surface area contributed by atoms with Crippen LogP contribution in [-0.2, 0) is 0 Å². The molecule has 9 unspecified atom stereocenters. The topological polar surface area (TPSA) is 101 Å². The van der Waals surface area contributed by atoms with Gasteiger partial charge in [0.2, 0.25) is 0 Å². The van der Waals surface area contributed by atoms with Crippen LogP contribution in [0.3, 0.4) is 0 Å². The number of Topliss-reactive ketones (excluding diaryl/α,β-unsaturated/α-hetero) is 1. The lowest BCUT2D eigenvalue weighted by atomic mass is 9.32. The number of fused-ring (bicyclic) bond motifs is 1. The summed E-state index contributed by atoms with van der Waals surface area (Å²) < 4.78 is 0. The van der Waals surface area contributed by atoms with Crippen molar-refractivity contribution in [1.82, 2.24) is 4.90 Å². The van der Waals surface area contributed by atoms with Gasteiger partial charge in [0.25, 0.3) is 0 Å². The molecule has 0 radical (unpaired) electrons. The molecule has 0 aromatic heterocycles. The first-order chi connectivity index (χ1) is 19.5. The molecule has 7 rings (SSSR count). The van der Waals surface area contributed by atoms with Gasteiger partial charge in [-0.05, 0) is 75.2 Å². The Balaban J connectivity index is 1.45. The first kappa shape index (κ1) is 29.3. The summed E-state index contributed by atoms with van der Waals surface area (Å²) in [7, 11) is 0. The van der Waals surface area contributed by atoms with E-state index in [0.717, 1.165) is 50.6 Å². The third-order valence-electron chi connectivity index (χ3n) is 12.7. The van der Waals surface area contributed by atoms with E-state index in [4.69, 9.17) is 0 Å². The van der Waals surface area contributed by atoms with E-state index in [-0.39, 0.29) is 41.2 Å². The Morgan fingerprint density at radius 2 is 1.71 bits per heavy atom. The fraction of sp³-hybridized carbons (Fsp3) is 0.686.